The van der Waals surface area contributed by atoms with E-state index in [9.17, 15) is 5.26 Å². The number of benzene rings is 2. The van der Waals surface area contributed by atoms with E-state index < -0.39 is 0 Å². The first-order valence-electron chi connectivity index (χ1n) is 8.87. The Morgan fingerprint density at radius 2 is 1.74 bits per heavy atom. The highest BCUT2D eigenvalue weighted by molar-refractivity contribution is 6.30. The van der Waals surface area contributed by atoms with E-state index in [-0.39, 0.29) is 0 Å². The minimum absolute atomic E-state index is 0.339. The Balaban J connectivity index is 1.47. The lowest BCUT2D eigenvalue weighted by Crippen LogP contribution is -2.46. The predicted molar refractivity (Wildman–Crippen MR) is 105 cm³/mol. The third kappa shape index (κ3) is 3.95. The van der Waals surface area contributed by atoms with Gasteiger partial charge in [-0.05, 0) is 23.8 Å². The quantitative estimate of drug-likeness (QED) is 0.698. The molecule has 136 valence electrons. The smallest absolute Gasteiger partial charge is 0.207 e. The molecule has 1 aromatic heterocycles. The Hall–Kier alpha value is -2.88. The molecule has 3 aromatic rings. The van der Waals surface area contributed by atoms with E-state index in [2.05, 4.69) is 50.3 Å². The molecule has 0 bridgehead atoms. The fourth-order valence-corrected chi connectivity index (χ4v) is 3.44. The van der Waals surface area contributed by atoms with Gasteiger partial charge in [0.15, 0.2) is 5.82 Å². The Labute approximate surface area is 163 Å². The van der Waals surface area contributed by atoms with Crippen molar-refractivity contribution in [2.45, 2.75) is 6.54 Å². The second-order valence-electron chi connectivity index (χ2n) is 6.50. The summed E-state index contributed by atoms with van der Waals surface area (Å²) >= 11 is 6.06. The normalized spacial score (nSPS) is 14.9. The molecule has 0 N–H and O–H groups in total. The van der Waals surface area contributed by atoms with Gasteiger partial charge in [-0.15, -0.1) is 15.0 Å². The van der Waals surface area contributed by atoms with E-state index in [0.29, 0.717) is 16.5 Å². The molecule has 7 heteroatoms. The Morgan fingerprint density at radius 1 is 0.963 bits per heavy atom. The van der Waals surface area contributed by atoms with Crippen molar-refractivity contribution in [3.05, 3.63) is 70.9 Å². The van der Waals surface area contributed by atoms with Gasteiger partial charge in [0.25, 0.3) is 0 Å². The van der Waals surface area contributed by atoms with Gasteiger partial charge in [-0.2, -0.15) is 5.26 Å². The molecule has 1 aliphatic heterocycles. The van der Waals surface area contributed by atoms with Gasteiger partial charge in [0.2, 0.25) is 5.69 Å². The summed E-state index contributed by atoms with van der Waals surface area (Å²) < 4.78 is 0. The molecule has 4 rings (SSSR count). The van der Waals surface area contributed by atoms with E-state index in [0.717, 1.165) is 38.4 Å². The van der Waals surface area contributed by atoms with Crippen molar-refractivity contribution in [3.8, 4) is 11.8 Å². The maximum Gasteiger partial charge on any atom is 0.207 e. The number of halogens is 1. The number of piperazine rings is 1. The van der Waals surface area contributed by atoms with Crippen LogP contribution in [0.15, 0.2) is 54.6 Å². The van der Waals surface area contributed by atoms with Crippen molar-refractivity contribution in [2.24, 2.45) is 0 Å². The van der Waals surface area contributed by atoms with Crippen molar-refractivity contribution in [1.29, 1.82) is 5.26 Å². The molecule has 6 nitrogen and oxygen atoms in total. The lowest BCUT2D eigenvalue weighted by Gasteiger charge is -2.34. The van der Waals surface area contributed by atoms with Gasteiger partial charge in [0, 0.05) is 37.7 Å². The van der Waals surface area contributed by atoms with Crippen LogP contribution in [0.3, 0.4) is 0 Å². The maximum absolute atomic E-state index is 9.48. The SMILES string of the molecule is N#Cc1nn(-c2cccc(Cl)c2)nc1N1CCN(Cc2ccccc2)CC1. The number of rotatable bonds is 4. The molecule has 1 saturated heterocycles. The van der Waals surface area contributed by atoms with Gasteiger partial charge < -0.3 is 4.90 Å². The Morgan fingerprint density at radius 3 is 2.44 bits per heavy atom. The van der Waals surface area contributed by atoms with E-state index in [1.807, 2.05) is 18.2 Å². The summed E-state index contributed by atoms with van der Waals surface area (Å²) in [4.78, 5) is 6.03. The first-order chi connectivity index (χ1) is 13.2. The van der Waals surface area contributed by atoms with Crippen LogP contribution >= 0.6 is 11.6 Å². The lowest BCUT2D eigenvalue weighted by molar-refractivity contribution is 0.249. The highest BCUT2D eigenvalue weighted by Gasteiger charge is 2.23. The van der Waals surface area contributed by atoms with E-state index in [4.69, 9.17) is 11.6 Å². The summed E-state index contributed by atoms with van der Waals surface area (Å²) in [6.07, 6.45) is 0. The minimum atomic E-state index is 0.339. The van der Waals surface area contributed by atoms with Gasteiger partial charge in [-0.25, -0.2) is 0 Å². The Bertz CT molecular complexity index is 954. The van der Waals surface area contributed by atoms with Crippen molar-refractivity contribution in [3.63, 3.8) is 0 Å². The number of nitriles is 1. The monoisotopic (exact) mass is 378 g/mol. The molecule has 0 radical (unpaired) electrons. The van der Waals surface area contributed by atoms with Crippen LogP contribution in [-0.4, -0.2) is 46.1 Å². The Kier molecular flexibility index (Phi) is 5.05. The van der Waals surface area contributed by atoms with Crippen molar-refractivity contribution < 1.29 is 0 Å². The second-order valence-corrected chi connectivity index (χ2v) is 6.94. The van der Waals surface area contributed by atoms with Crippen LogP contribution < -0.4 is 4.90 Å². The van der Waals surface area contributed by atoms with Crippen molar-refractivity contribution in [1.82, 2.24) is 19.9 Å². The van der Waals surface area contributed by atoms with Crippen LogP contribution in [0.25, 0.3) is 5.69 Å². The largest absolute Gasteiger partial charge is 0.350 e. The van der Waals surface area contributed by atoms with E-state index >= 15 is 0 Å². The first-order valence-corrected chi connectivity index (χ1v) is 9.25. The third-order valence-corrected chi connectivity index (χ3v) is 4.90. The molecule has 0 aliphatic carbocycles. The third-order valence-electron chi connectivity index (χ3n) is 4.66. The number of anilines is 1. The molecular weight excluding hydrogens is 360 g/mol. The van der Waals surface area contributed by atoms with Gasteiger partial charge >= 0.3 is 0 Å². The zero-order chi connectivity index (χ0) is 18.6. The molecule has 0 atom stereocenters. The van der Waals surface area contributed by atoms with E-state index in [1.54, 1.807) is 12.1 Å². The number of hydrogen-bond donors (Lipinski definition) is 0. The minimum Gasteiger partial charge on any atom is -0.350 e. The number of aromatic nitrogens is 3. The molecule has 0 spiro atoms. The predicted octanol–water partition coefficient (Wildman–Crippen LogP) is 3.11. The highest BCUT2D eigenvalue weighted by atomic mass is 35.5. The molecule has 2 heterocycles. The van der Waals surface area contributed by atoms with Gasteiger partial charge in [-0.3, -0.25) is 4.90 Å². The maximum atomic E-state index is 9.48. The second kappa shape index (κ2) is 7.78. The van der Waals surface area contributed by atoms with Crippen LogP contribution in [0.4, 0.5) is 5.82 Å². The van der Waals surface area contributed by atoms with E-state index in [1.165, 1.54) is 10.4 Å². The summed E-state index contributed by atoms with van der Waals surface area (Å²) in [6.45, 7) is 4.41. The van der Waals surface area contributed by atoms with Crippen LogP contribution in [0.1, 0.15) is 11.3 Å². The molecule has 0 saturated carbocycles. The zero-order valence-corrected chi connectivity index (χ0v) is 15.5. The molecule has 0 amide bonds. The van der Waals surface area contributed by atoms with Crippen molar-refractivity contribution >= 4 is 17.4 Å². The van der Waals surface area contributed by atoms with Gasteiger partial charge in [0.1, 0.15) is 6.07 Å². The first kappa shape index (κ1) is 17.5. The summed E-state index contributed by atoms with van der Waals surface area (Å²) in [5, 5.41) is 19.0. The summed E-state index contributed by atoms with van der Waals surface area (Å²) in [7, 11) is 0. The van der Waals surface area contributed by atoms with Gasteiger partial charge in [-0.1, -0.05) is 48.0 Å². The van der Waals surface area contributed by atoms with Crippen LogP contribution in [0, 0.1) is 11.3 Å². The molecule has 1 fully saturated rings. The number of nitrogens with zero attached hydrogens (tertiary/aromatic N) is 6. The van der Waals surface area contributed by atoms with Crippen LogP contribution in [0.5, 0.6) is 0 Å². The summed E-state index contributed by atoms with van der Waals surface area (Å²) in [5.74, 6) is 0.636. The fourth-order valence-electron chi connectivity index (χ4n) is 3.26. The van der Waals surface area contributed by atoms with Crippen molar-refractivity contribution in [2.75, 3.05) is 31.1 Å². The molecule has 2 aromatic carbocycles. The molecular formula is C20H19ClN6. The fraction of sp³-hybridized carbons (Fsp3) is 0.250. The van der Waals surface area contributed by atoms with Crippen LogP contribution in [0.2, 0.25) is 5.02 Å². The average molecular weight is 379 g/mol. The lowest BCUT2D eigenvalue weighted by atomic mass is 10.2. The summed E-state index contributed by atoms with van der Waals surface area (Å²) in [6, 6.07) is 19.9. The van der Waals surface area contributed by atoms with Crippen LogP contribution in [-0.2, 0) is 6.54 Å². The molecule has 0 unspecified atom stereocenters. The standard InChI is InChI=1S/C20H19ClN6/c21-17-7-4-8-18(13-17)27-23-19(14-22)20(24-27)26-11-9-25(10-12-26)15-16-5-2-1-3-6-16/h1-8,13H,9-12,15H2. The molecule has 1 aliphatic rings. The topological polar surface area (TPSA) is 61.0 Å². The van der Waals surface area contributed by atoms with Gasteiger partial charge in [0.05, 0.1) is 5.69 Å². The molecule has 27 heavy (non-hydrogen) atoms. The summed E-state index contributed by atoms with van der Waals surface area (Å²) in [5.41, 5.74) is 2.40. The number of hydrogen-bond acceptors (Lipinski definition) is 5. The highest BCUT2D eigenvalue weighted by Crippen LogP contribution is 2.21. The zero-order valence-electron chi connectivity index (χ0n) is 14.8. The average Bonchev–Trinajstić information content (AvgIpc) is 3.14.